The van der Waals surface area contributed by atoms with Gasteiger partial charge in [0, 0.05) is 50.9 Å². The minimum Gasteiger partial charge on any atom is -0.385 e. The van der Waals surface area contributed by atoms with Crippen LogP contribution in [0.1, 0.15) is 46.5 Å². The third-order valence-corrected chi connectivity index (χ3v) is 6.83. The normalized spacial score (nSPS) is 24.7. The number of methoxy groups -OCH3 is 1. The van der Waals surface area contributed by atoms with Crippen LogP contribution >= 0.6 is 11.8 Å². The number of aliphatic imine (C=N–C) groups is 1. The van der Waals surface area contributed by atoms with E-state index in [1.54, 1.807) is 7.11 Å². The maximum Gasteiger partial charge on any atom is 0.193 e. The molecule has 1 heterocycles. The van der Waals surface area contributed by atoms with E-state index in [0.29, 0.717) is 5.41 Å². The number of nitrogens with zero attached hydrogens (tertiary/aromatic N) is 2. The van der Waals surface area contributed by atoms with Gasteiger partial charge in [0.2, 0.25) is 0 Å². The first-order chi connectivity index (χ1) is 11.1. The molecule has 1 saturated heterocycles. The van der Waals surface area contributed by atoms with Crippen LogP contribution in [0.5, 0.6) is 0 Å². The van der Waals surface area contributed by atoms with Crippen molar-refractivity contribution in [3.05, 3.63) is 0 Å². The second kappa shape index (κ2) is 9.16. The lowest BCUT2D eigenvalue weighted by Crippen LogP contribution is -2.49. The van der Waals surface area contributed by atoms with E-state index in [2.05, 4.69) is 42.7 Å². The van der Waals surface area contributed by atoms with Gasteiger partial charge < -0.3 is 15.0 Å². The quantitative estimate of drug-likeness (QED) is 0.570. The highest BCUT2D eigenvalue weighted by atomic mass is 32.2. The van der Waals surface area contributed by atoms with E-state index >= 15 is 0 Å². The third kappa shape index (κ3) is 5.28. The van der Waals surface area contributed by atoms with Crippen molar-refractivity contribution < 1.29 is 4.74 Å². The van der Waals surface area contributed by atoms with Crippen molar-refractivity contribution in [2.45, 2.75) is 51.7 Å². The van der Waals surface area contributed by atoms with Gasteiger partial charge in [-0.15, -0.1) is 0 Å². The standard InChI is InChI=1S/C18H35N3OS/c1-5-19-17(21-10-12-23-16(13-21)15(2)3)20-14-18(7-6-8-18)9-11-22-4/h15-16H,5-14H2,1-4H3,(H,19,20). The second-order valence-electron chi connectivity index (χ2n) is 7.37. The highest BCUT2D eigenvalue weighted by Gasteiger charge is 2.36. The van der Waals surface area contributed by atoms with Gasteiger partial charge in [0.05, 0.1) is 0 Å². The average Bonchev–Trinajstić information content (AvgIpc) is 2.52. The Morgan fingerprint density at radius 3 is 2.78 bits per heavy atom. The fourth-order valence-electron chi connectivity index (χ4n) is 3.42. The van der Waals surface area contributed by atoms with Gasteiger partial charge in [-0.05, 0) is 37.5 Å². The lowest BCUT2D eigenvalue weighted by molar-refractivity contribution is 0.0776. The largest absolute Gasteiger partial charge is 0.385 e. The van der Waals surface area contributed by atoms with Crippen LogP contribution in [0.3, 0.4) is 0 Å². The molecule has 5 heteroatoms. The highest BCUT2D eigenvalue weighted by molar-refractivity contribution is 8.00. The zero-order valence-electron chi connectivity index (χ0n) is 15.4. The lowest BCUT2D eigenvalue weighted by atomic mass is 9.67. The summed E-state index contributed by atoms with van der Waals surface area (Å²) in [5.74, 6) is 3.06. The van der Waals surface area contributed by atoms with Gasteiger partial charge in [-0.3, -0.25) is 4.99 Å². The van der Waals surface area contributed by atoms with Gasteiger partial charge in [-0.25, -0.2) is 0 Å². The molecule has 1 unspecified atom stereocenters. The first-order valence-corrected chi connectivity index (χ1v) is 10.3. The Morgan fingerprint density at radius 2 is 2.22 bits per heavy atom. The van der Waals surface area contributed by atoms with Crippen molar-refractivity contribution in [1.29, 1.82) is 0 Å². The van der Waals surface area contributed by atoms with E-state index < -0.39 is 0 Å². The van der Waals surface area contributed by atoms with Crippen LogP contribution in [0.25, 0.3) is 0 Å². The smallest absolute Gasteiger partial charge is 0.193 e. The molecule has 0 spiro atoms. The van der Waals surface area contributed by atoms with Crippen molar-refractivity contribution in [3.8, 4) is 0 Å². The van der Waals surface area contributed by atoms with E-state index in [-0.39, 0.29) is 0 Å². The van der Waals surface area contributed by atoms with E-state index in [0.717, 1.165) is 56.3 Å². The molecule has 2 rings (SSSR count). The fourth-order valence-corrected chi connectivity index (χ4v) is 4.72. The molecule has 134 valence electrons. The van der Waals surface area contributed by atoms with Crippen molar-refractivity contribution in [1.82, 2.24) is 10.2 Å². The molecule has 23 heavy (non-hydrogen) atoms. The second-order valence-corrected chi connectivity index (χ2v) is 8.71. The van der Waals surface area contributed by atoms with Crippen LogP contribution in [0.15, 0.2) is 4.99 Å². The van der Waals surface area contributed by atoms with Crippen molar-refractivity contribution in [2.24, 2.45) is 16.3 Å². The summed E-state index contributed by atoms with van der Waals surface area (Å²) in [5.41, 5.74) is 0.401. The van der Waals surface area contributed by atoms with Crippen LogP contribution in [0.2, 0.25) is 0 Å². The monoisotopic (exact) mass is 341 g/mol. The molecule has 2 fully saturated rings. The number of ether oxygens (including phenoxy) is 1. The molecular formula is C18H35N3OS. The molecule has 0 amide bonds. The van der Waals surface area contributed by atoms with Crippen molar-refractivity contribution >= 4 is 17.7 Å². The summed E-state index contributed by atoms with van der Waals surface area (Å²) < 4.78 is 5.31. The predicted molar refractivity (Wildman–Crippen MR) is 101 cm³/mol. The van der Waals surface area contributed by atoms with Crippen LogP contribution in [0, 0.1) is 11.3 Å². The first kappa shape index (κ1) is 18.9. The molecule has 1 aliphatic heterocycles. The third-order valence-electron chi connectivity index (χ3n) is 5.29. The summed E-state index contributed by atoms with van der Waals surface area (Å²) in [7, 11) is 1.80. The topological polar surface area (TPSA) is 36.9 Å². The predicted octanol–water partition coefficient (Wildman–Crippen LogP) is 3.23. The first-order valence-electron chi connectivity index (χ1n) is 9.24. The fraction of sp³-hybridized carbons (Fsp3) is 0.944. The number of thioether (sulfide) groups is 1. The Bertz CT molecular complexity index is 382. The zero-order valence-corrected chi connectivity index (χ0v) is 16.3. The Kier molecular flexibility index (Phi) is 7.54. The summed E-state index contributed by atoms with van der Waals surface area (Å²) in [4.78, 5) is 7.52. The molecule has 2 aliphatic rings. The molecular weight excluding hydrogens is 306 g/mol. The SMILES string of the molecule is CCNC(=NCC1(CCOC)CCC1)N1CCSC(C(C)C)C1. The van der Waals surface area contributed by atoms with Crippen LogP contribution in [0.4, 0.5) is 0 Å². The summed E-state index contributed by atoms with van der Waals surface area (Å²) in [6, 6.07) is 0. The molecule has 4 nitrogen and oxygen atoms in total. The van der Waals surface area contributed by atoms with Gasteiger partial charge in [0.15, 0.2) is 5.96 Å². The number of guanidine groups is 1. The van der Waals surface area contributed by atoms with E-state index in [1.807, 2.05) is 0 Å². The lowest BCUT2D eigenvalue weighted by Gasteiger charge is -2.41. The molecule has 0 aromatic heterocycles. The highest BCUT2D eigenvalue weighted by Crippen LogP contribution is 2.44. The average molecular weight is 342 g/mol. The maximum absolute atomic E-state index is 5.31. The van der Waals surface area contributed by atoms with Crippen LogP contribution < -0.4 is 5.32 Å². The summed E-state index contributed by atoms with van der Waals surface area (Å²) in [6.07, 6.45) is 5.12. The van der Waals surface area contributed by atoms with E-state index in [9.17, 15) is 0 Å². The van der Waals surface area contributed by atoms with Gasteiger partial charge in [-0.1, -0.05) is 20.3 Å². The molecule has 0 aromatic carbocycles. The van der Waals surface area contributed by atoms with Crippen LogP contribution in [-0.2, 0) is 4.74 Å². The van der Waals surface area contributed by atoms with E-state index in [4.69, 9.17) is 9.73 Å². The maximum atomic E-state index is 5.31. The molecule has 1 atom stereocenters. The molecule has 1 saturated carbocycles. The van der Waals surface area contributed by atoms with Gasteiger partial charge in [0.1, 0.15) is 0 Å². The zero-order chi connectivity index (χ0) is 16.7. The summed E-state index contributed by atoms with van der Waals surface area (Å²) >= 11 is 2.12. The van der Waals surface area contributed by atoms with E-state index in [1.165, 1.54) is 25.0 Å². The van der Waals surface area contributed by atoms with Gasteiger partial charge >= 0.3 is 0 Å². The number of nitrogens with one attached hydrogen (secondary N) is 1. The summed E-state index contributed by atoms with van der Waals surface area (Å²) in [6.45, 7) is 11.8. The number of hydrogen-bond acceptors (Lipinski definition) is 3. The van der Waals surface area contributed by atoms with Gasteiger partial charge in [0.25, 0.3) is 0 Å². The Morgan fingerprint density at radius 1 is 1.43 bits per heavy atom. The minimum absolute atomic E-state index is 0.401. The number of rotatable bonds is 7. The van der Waals surface area contributed by atoms with Gasteiger partial charge in [-0.2, -0.15) is 11.8 Å². The van der Waals surface area contributed by atoms with Crippen LogP contribution in [-0.4, -0.2) is 61.8 Å². The Balaban J connectivity index is 1.98. The molecule has 0 bridgehead atoms. The molecule has 0 radical (unpaired) electrons. The number of hydrogen-bond donors (Lipinski definition) is 1. The molecule has 1 aliphatic carbocycles. The van der Waals surface area contributed by atoms with Crippen molar-refractivity contribution in [3.63, 3.8) is 0 Å². The molecule has 0 aromatic rings. The van der Waals surface area contributed by atoms with Crippen molar-refractivity contribution in [2.75, 3.05) is 45.6 Å². The molecule has 1 N–H and O–H groups in total. The Hall–Kier alpha value is -0.420. The summed E-state index contributed by atoms with van der Waals surface area (Å²) in [5, 5.41) is 4.25. The minimum atomic E-state index is 0.401. The Labute approximate surface area is 146 Å².